The Bertz CT molecular complexity index is 658. The number of rotatable bonds is 4. The Morgan fingerprint density at radius 1 is 1.33 bits per heavy atom. The average molecular weight is 343 g/mol. The molecule has 2 rings (SSSR count). The van der Waals surface area contributed by atoms with E-state index in [-0.39, 0.29) is 36.6 Å². The number of alkyl halides is 3. The van der Waals surface area contributed by atoms with Crippen LogP contribution in [0.5, 0.6) is 0 Å². The van der Waals surface area contributed by atoms with Crippen molar-refractivity contribution in [2.75, 3.05) is 20.1 Å². The predicted molar refractivity (Wildman–Crippen MR) is 82.5 cm³/mol. The van der Waals surface area contributed by atoms with Gasteiger partial charge in [-0.05, 0) is 19.9 Å². The maximum atomic E-state index is 13.2. The normalized spacial score (nSPS) is 15.4. The Kier molecular flexibility index (Phi) is 4.77. The monoisotopic (exact) mass is 343 g/mol. The summed E-state index contributed by atoms with van der Waals surface area (Å²) in [5.74, 6) is -0.952. The van der Waals surface area contributed by atoms with Gasteiger partial charge >= 0.3 is 6.18 Å². The minimum absolute atomic E-state index is 0.187. The van der Waals surface area contributed by atoms with Gasteiger partial charge in [-0.25, -0.2) is 0 Å². The molecule has 0 bridgehead atoms. The van der Waals surface area contributed by atoms with Gasteiger partial charge in [-0.1, -0.05) is 6.58 Å². The number of amides is 2. The summed E-state index contributed by atoms with van der Waals surface area (Å²) in [7, 11) is 1.58. The minimum Gasteiger partial charge on any atom is -0.350 e. The van der Waals surface area contributed by atoms with E-state index in [4.69, 9.17) is 0 Å². The standard InChI is InChI=1S/C16H20F3N3O2/c1-5-14(23)20(4)11-6-22(7-11)15(24)12-8-21(10(2)3)9-13(12)16(17,18)19/h5,8-11H,1,6-7H2,2-4H3. The lowest BCUT2D eigenvalue weighted by atomic mass is 10.0. The highest BCUT2D eigenvalue weighted by Crippen LogP contribution is 2.34. The molecule has 1 aliphatic rings. The van der Waals surface area contributed by atoms with Crippen LogP contribution < -0.4 is 0 Å². The van der Waals surface area contributed by atoms with Gasteiger partial charge in [0, 0.05) is 38.6 Å². The van der Waals surface area contributed by atoms with Gasteiger partial charge in [0.15, 0.2) is 0 Å². The molecule has 0 saturated carbocycles. The molecule has 0 spiro atoms. The zero-order valence-corrected chi connectivity index (χ0v) is 13.8. The fraction of sp³-hybridized carbons (Fsp3) is 0.500. The maximum absolute atomic E-state index is 13.2. The molecule has 1 aliphatic heterocycles. The third-order valence-corrected chi connectivity index (χ3v) is 4.20. The number of hydrogen-bond acceptors (Lipinski definition) is 2. The van der Waals surface area contributed by atoms with Crippen LogP contribution >= 0.6 is 0 Å². The lowest BCUT2D eigenvalue weighted by Gasteiger charge is -2.43. The fourth-order valence-corrected chi connectivity index (χ4v) is 2.53. The van der Waals surface area contributed by atoms with Gasteiger partial charge < -0.3 is 14.4 Å². The second-order valence-corrected chi connectivity index (χ2v) is 6.14. The topological polar surface area (TPSA) is 45.6 Å². The number of halogens is 3. The van der Waals surface area contributed by atoms with Crippen LogP contribution in [-0.4, -0.2) is 52.4 Å². The van der Waals surface area contributed by atoms with Crippen LogP contribution in [0.25, 0.3) is 0 Å². The summed E-state index contributed by atoms with van der Waals surface area (Å²) in [6.45, 7) is 7.28. The van der Waals surface area contributed by atoms with Gasteiger partial charge in [0.05, 0.1) is 17.2 Å². The van der Waals surface area contributed by atoms with E-state index in [1.54, 1.807) is 20.9 Å². The van der Waals surface area contributed by atoms with Gasteiger partial charge in [-0.3, -0.25) is 9.59 Å². The summed E-state index contributed by atoms with van der Waals surface area (Å²) in [5, 5.41) is 0. The van der Waals surface area contributed by atoms with E-state index in [1.807, 2.05) is 0 Å². The Morgan fingerprint density at radius 2 is 1.92 bits per heavy atom. The Labute approximate surface area is 138 Å². The Hall–Kier alpha value is -2.25. The lowest BCUT2D eigenvalue weighted by molar-refractivity contribution is -0.138. The SMILES string of the molecule is C=CC(=O)N(C)C1CN(C(=O)c2cn(C(C)C)cc2C(F)(F)F)C1. The van der Waals surface area contributed by atoms with Crippen LogP contribution in [0.2, 0.25) is 0 Å². The number of hydrogen-bond donors (Lipinski definition) is 0. The highest BCUT2D eigenvalue weighted by Gasteiger charge is 2.41. The molecule has 0 unspecified atom stereocenters. The fourth-order valence-electron chi connectivity index (χ4n) is 2.53. The first kappa shape index (κ1) is 18.1. The second-order valence-electron chi connectivity index (χ2n) is 6.14. The molecule has 0 aromatic carbocycles. The van der Waals surface area contributed by atoms with Crippen LogP contribution in [-0.2, 0) is 11.0 Å². The zero-order chi connectivity index (χ0) is 18.2. The molecule has 1 aromatic rings. The second kappa shape index (κ2) is 6.33. The quantitative estimate of drug-likeness (QED) is 0.789. The van der Waals surface area contributed by atoms with E-state index < -0.39 is 17.6 Å². The van der Waals surface area contributed by atoms with Crippen molar-refractivity contribution in [3.63, 3.8) is 0 Å². The van der Waals surface area contributed by atoms with Crippen LogP contribution in [0.15, 0.2) is 25.0 Å². The molecule has 2 amide bonds. The predicted octanol–water partition coefficient (Wildman–Crippen LogP) is 2.56. The van der Waals surface area contributed by atoms with E-state index in [0.29, 0.717) is 0 Å². The smallest absolute Gasteiger partial charge is 0.350 e. The summed E-state index contributed by atoms with van der Waals surface area (Å²) in [4.78, 5) is 26.7. The van der Waals surface area contributed by atoms with Gasteiger partial charge in [0.1, 0.15) is 0 Å². The minimum atomic E-state index is -4.59. The van der Waals surface area contributed by atoms with E-state index in [2.05, 4.69) is 6.58 Å². The van der Waals surface area contributed by atoms with E-state index in [0.717, 1.165) is 12.3 Å². The molecule has 0 radical (unpaired) electrons. The van der Waals surface area contributed by atoms with E-state index >= 15 is 0 Å². The summed E-state index contributed by atoms with van der Waals surface area (Å²) in [6, 6.07) is -0.394. The van der Waals surface area contributed by atoms with Gasteiger partial charge in [-0.15, -0.1) is 0 Å². The van der Waals surface area contributed by atoms with Crippen molar-refractivity contribution in [3.8, 4) is 0 Å². The van der Waals surface area contributed by atoms with Crippen molar-refractivity contribution in [1.29, 1.82) is 0 Å². The highest BCUT2D eigenvalue weighted by atomic mass is 19.4. The Balaban J connectivity index is 2.17. The average Bonchev–Trinajstić information content (AvgIpc) is 2.89. The molecule has 0 N–H and O–H groups in total. The molecule has 0 atom stereocenters. The first-order valence-corrected chi connectivity index (χ1v) is 7.53. The van der Waals surface area contributed by atoms with Crippen LogP contribution in [0.3, 0.4) is 0 Å². The number of likely N-dealkylation sites (N-methyl/N-ethyl adjacent to an activating group) is 1. The van der Waals surface area contributed by atoms with Crippen molar-refractivity contribution < 1.29 is 22.8 Å². The first-order valence-electron chi connectivity index (χ1n) is 7.53. The molecular weight excluding hydrogens is 323 g/mol. The van der Waals surface area contributed by atoms with Crippen LogP contribution in [0, 0.1) is 0 Å². The molecule has 1 fully saturated rings. The molecule has 1 aromatic heterocycles. The molecule has 2 heterocycles. The zero-order valence-electron chi connectivity index (χ0n) is 13.8. The lowest BCUT2D eigenvalue weighted by Crippen LogP contribution is -2.61. The molecule has 132 valence electrons. The summed E-state index contributed by atoms with van der Waals surface area (Å²) >= 11 is 0. The van der Waals surface area contributed by atoms with Gasteiger partial charge in [0.2, 0.25) is 5.91 Å². The molecular formula is C16H20F3N3O2. The highest BCUT2D eigenvalue weighted by molar-refractivity contribution is 5.96. The van der Waals surface area contributed by atoms with E-state index in [1.165, 1.54) is 20.6 Å². The number of nitrogens with zero attached hydrogens (tertiary/aromatic N) is 3. The Morgan fingerprint density at radius 3 is 2.38 bits per heavy atom. The van der Waals surface area contributed by atoms with Crippen molar-refractivity contribution >= 4 is 11.8 Å². The molecule has 0 aliphatic carbocycles. The van der Waals surface area contributed by atoms with Crippen molar-refractivity contribution in [2.45, 2.75) is 32.1 Å². The van der Waals surface area contributed by atoms with Crippen molar-refractivity contribution in [2.24, 2.45) is 0 Å². The third kappa shape index (κ3) is 3.32. The van der Waals surface area contributed by atoms with E-state index in [9.17, 15) is 22.8 Å². The van der Waals surface area contributed by atoms with Gasteiger partial charge in [0.25, 0.3) is 5.91 Å². The third-order valence-electron chi connectivity index (χ3n) is 4.20. The van der Waals surface area contributed by atoms with Gasteiger partial charge in [-0.2, -0.15) is 13.2 Å². The number of likely N-dealkylation sites (tertiary alicyclic amines) is 1. The first-order chi connectivity index (χ1) is 11.1. The summed E-state index contributed by atoms with van der Waals surface area (Å²) < 4.78 is 40.9. The van der Waals surface area contributed by atoms with Crippen LogP contribution in [0.1, 0.15) is 35.8 Å². The molecule has 24 heavy (non-hydrogen) atoms. The number of aromatic nitrogens is 1. The van der Waals surface area contributed by atoms with Crippen molar-refractivity contribution in [1.82, 2.24) is 14.4 Å². The van der Waals surface area contributed by atoms with Crippen molar-refractivity contribution in [3.05, 3.63) is 36.2 Å². The summed E-state index contributed by atoms with van der Waals surface area (Å²) in [5.41, 5.74) is -1.28. The number of carbonyl (C=O) groups excluding carboxylic acids is 2. The number of carbonyl (C=O) groups is 2. The summed E-state index contributed by atoms with van der Waals surface area (Å²) in [6.07, 6.45) is -1.23. The molecule has 1 saturated heterocycles. The van der Waals surface area contributed by atoms with Crippen LogP contribution in [0.4, 0.5) is 13.2 Å². The maximum Gasteiger partial charge on any atom is 0.418 e. The molecule has 5 nitrogen and oxygen atoms in total. The largest absolute Gasteiger partial charge is 0.418 e. The molecule has 8 heteroatoms.